The first-order chi connectivity index (χ1) is 12.9. The van der Waals surface area contributed by atoms with E-state index in [9.17, 15) is 14.7 Å². The molecule has 1 fully saturated rings. The van der Waals surface area contributed by atoms with Gasteiger partial charge >= 0.3 is 5.97 Å². The van der Waals surface area contributed by atoms with Crippen molar-refractivity contribution in [3.8, 4) is 0 Å². The Labute approximate surface area is 160 Å². The van der Waals surface area contributed by atoms with Crippen LogP contribution in [-0.2, 0) is 16.9 Å². The molecule has 2 N–H and O–H groups in total. The summed E-state index contributed by atoms with van der Waals surface area (Å²) in [5, 5.41) is 19.1. The maximum atomic E-state index is 13.0. The molecule has 3 aromatic rings. The molecular formula is C20H21N3O3S. The topological polar surface area (TPSA) is 84.2 Å². The zero-order valence-electron chi connectivity index (χ0n) is 15.2. The minimum Gasteiger partial charge on any atom is -0.479 e. The van der Waals surface area contributed by atoms with E-state index in [0.29, 0.717) is 24.1 Å². The lowest BCUT2D eigenvalue weighted by Gasteiger charge is -2.16. The van der Waals surface area contributed by atoms with Gasteiger partial charge in [0.25, 0.3) is 5.56 Å². The smallest absolute Gasteiger partial charge is 0.331 e. The molecule has 6 nitrogen and oxygen atoms in total. The Hall–Kier alpha value is -2.67. The third kappa shape index (κ3) is 3.02. The number of nitrogens with zero attached hydrogens (tertiary/aromatic N) is 2. The molecule has 0 spiro atoms. The number of hydrogen-bond acceptors (Lipinski definition) is 5. The molecule has 0 atom stereocenters. The van der Waals surface area contributed by atoms with E-state index in [4.69, 9.17) is 0 Å². The van der Waals surface area contributed by atoms with Crippen LogP contribution >= 0.6 is 11.3 Å². The standard InChI is InChI=1S/C20H21N3O3S/c1-12(2)16-14-10-15(21-11-13-6-4-3-5-7-13)27-17(14)18(24)23(22-16)20(8-9-20)19(25)26/h3-7,10,12,21H,8-9,11H2,1-2H3,(H,25,26). The van der Waals surface area contributed by atoms with Crippen molar-refractivity contribution in [2.45, 2.75) is 44.7 Å². The number of nitrogens with one attached hydrogen (secondary N) is 1. The van der Waals surface area contributed by atoms with Crippen molar-refractivity contribution < 1.29 is 9.90 Å². The molecule has 0 amide bonds. The van der Waals surface area contributed by atoms with Gasteiger partial charge in [-0.05, 0) is 30.4 Å². The summed E-state index contributed by atoms with van der Waals surface area (Å²) in [6.45, 7) is 4.67. The third-order valence-electron chi connectivity index (χ3n) is 4.99. The fraction of sp³-hybridized carbons (Fsp3) is 0.350. The zero-order valence-corrected chi connectivity index (χ0v) is 16.0. The first kappa shape index (κ1) is 17.7. The van der Waals surface area contributed by atoms with Crippen LogP contribution in [0.3, 0.4) is 0 Å². The number of hydrogen-bond donors (Lipinski definition) is 2. The summed E-state index contributed by atoms with van der Waals surface area (Å²) < 4.78 is 1.78. The molecule has 0 bridgehead atoms. The highest BCUT2D eigenvalue weighted by Crippen LogP contribution is 2.43. The second-order valence-electron chi connectivity index (χ2n) is 7.29. The molecule has 7 heteroatoms. The normalized spacial score (nSPS) is 15.2. The van der Waals surface area contributed by atoms with E-state index in [2.05, 4.69) is 10.4 Å². The van der Waals surface area contributed by atoms with Crippen LogP contribution in [0.4, 0.5) is 5.00 Å². The summed E-state index contributed by atoms with van der Waals surface area (Å²) in [5.74, 6) is -0.898. The highest BCUT2D eigenvalue weighted by Gasteiger charge is 2.54. The molecule has 1 aliphatic rings. The van der Waals surface area contributed by atoms with Gasteiger partial charge in [-0.1, -0.05) is 44.2 Å². The average molecular weight is 383 g/mol. The van der Waals surface area contributed by atoms with E-state index in [1.54, 1.807) is 0 Å². The molecule has 1 aliphatic carbocycles. The van der Waals surface area contributed by atoms with Crippen molar-refractivity contribution in [1.29, 1.82) is 0 Å². The Bertz CT molecular complexity index is 1070. The summed E-state index contributed by atoms with van der Waals surface area (Å²) >= 11 is 1.37. The Morgan fingerprint density at radius 3 is 2.63 bits per heavy atom. The quantitative estimate of drug-likeness (QED) is 0.677. The lowest BCUT2D eigenvalue weighted by Crippen LogP contribution is -2.38. The van der Waals surface area contributed by atoms with Gasteiger partial charge in [0.2, 0.25) is 0 Å². The number of aliphatic carboxylic acids is 1. The van der Waals surface area contributed by atoms with Crippen LogP contribution in [0.15, 0.2) is 41.2 Å². The van der Waals surface area contributed by atoms with Crippen molar-refractivity contribution >= 4 is 32.4 Å². The molecule has 1 aromatic carbocycles. The highest BCUT2D eigenvalue weighted by atomic mass is 32.1. The molecule has 0 aliphatic heterocycles. The second-order valence-corrected chi connectivity index (χ2v) is 8.34. The summed E-state index contributed by atoms with van der Waals surface area (Å²) in [5.41, 5.74) is 0.432. The van der Waals surface area contributed by atoms with Crippen LogP contribution in [0, 0.1) is 0 Å². The van der Waals surface area contributed by atoms with Gasteiger partial charge in [0.15, 0.2) is 5.54 Å². The monoisotopic (exact) mass is 383 g/mol. The van der Waals surface area contributed by atoms with Crippen molar-refractivity contribution in [3.05, 3.63) is 58.0 Å². The molecule has 2 heterocycles. The molecule has 27 heavy (non-hydrogen) atoms. The van der Waals surface area contributed by atoms with E-state index in [-0.39, 0.29) is 11.5 Å². The van der Waals surface area contributed by atoms with Crippen LogP contribution < -0.4 is 10.9 Å². The molecule has 2 aromatic heterocycles. The second kappa shape index (κ2) is 6.49. The van der Waals surface area contributed by atoms with Gasteiger partial charge in [0.05, 0.1) is 10.7 Å². The molecular weight excluding hydrogens is 362 g/mol. The van der Waals surface area contributed by atoms with Crippen LogP contribution in [0.25, 0.3) is 10.1 Å². The lowest BCUT2D eigenvalue weighted by molar-refractivity contribution is -0.143. The van der Waals surface area contributed by atoms with E-state index in [1.165, 1.54) is 16.0 Å². The van der Waals surface area contributed by atoms with Crippen LogP contribution in [0.1, 0.15) is 43.9 Å². The number of carboxylic acids is 1. The van der Waals surface area contributed by atoms with E-state index in [1.807, 2.05) is 50.2 Å². The summed E-state index contributed by atoms with van der Waals surface area (Å²) in [6, 6.07) is 12.0. The van der Waals surface area contributed by atoms with E-state index >= 15 is 0 Å². The van der Waals surface area contributed by atoms with E-state index < -0.39 is 11.5 Å². The Balaban J connectivity index is 1.77. The molecule has 0 unspecified atom stereocenters. The number of benzene rings is 1. The molecule has 0 saturated heterocycles. The number of anilines is 1. The Morgan fingerprint density at radius 1 is 1.33 bits per heavy atom. The van der Waals surface area contributed by atoms with Gasteiger partial charge in [-0.25, -0.2) is 9.48 Å². The number of carbonyl (C=O) groups is 1. The van der Waals surface area contributed by atoms with Gasteiger partial charge in [0, 0.05) is 11.9 Å². The summed E-state index contributed by atoms with van der Waals surface area (Å²) in [7, 11) is 0. The van der Waals surface area contributed by atoms with Gasteiger partial charge in [-0.15, -0.1) is 11.3 Å². The van der Waals surface area contributed by atoms with Crippen LogP contribution in [-0.4, -0.2) is 20.9 Å². The first-order valence-electron chi connectivity index (χ1n) is 9.01. The predicted molar refractivity (Wildman–Crippen MR) is 107 cm³/mol. The highest BCUT2D eigenvalue weighted by molar-refractivity contribution is 7.22. The maximum absolute atomic E-state index is 13.0. The minimum atomic E-state index is -1.17. The number of thiophene rings is 1. The average Bonchev–Trinajstić information content (AvgIpc) is 3.34. The summed E-state index contributed by atoms with van der Waals surface area (Å²) in [4.78, 5) is 24.7. The SMILES string of the molecule is CC(C)c1nn(C2(C(=O)O)CC2)c(=O)c2sc(NCc3ccccc3)cc12. The van der Waals surface area contributed by atoms with Crippen molar-refractivity contribution in [2.24, 2.45) is 0 Å². The minimum absolute atomic E-state index is 0.0838. The Kier molecular flexibility index (Phi) is 4.26. The number of fused-ring (bicyclic) bond motifs is 1. The third-order valence-corrected chi connectivity index (χ3v) is 6.07. The maximum Gasteiger partial charge on any atom is 0.331 e. The van der Waals surface area contributed by atoms with E-state index in [0.717, 1.165) is 21.6 Å². The predicted octanol–water partition coefficient (Wildman–Crippen LogP) is 3.77. The fourth-order valence-electron chi connectivity index (χ4n) is 3.27. The summed E-state index contributed by atoms with van der Waals surface area (Å²) in [6.07, 6.45) is 0.894. The lowest BCUT2D eigenvalue weighted by atomic mass is 10.1. The number of carboxylic acid groups (broad SMARTS) is 1. The number of rotatable bonds is 6. The fourth-order valence-corrected chi connectivity index (χ4v) is 4.26. The van der Waals surface area contributed by atoms with Crippen LogP contribution in [0.2, 0.25) is 0 Å². The van der Waals surface area contributed by atoms with Gasteiger partial charge < -0.3 is 10.4 Å². The largest absolute Gasteiger partial charge is 0.479 e. The van der Waals surface area contributed by atoms with Crippen LogP contribution in [0.5, 0.6) is 0 Å². The van der Waals surface area contributed by atoms with Crippen molar-refractivity contribution in [2.75, 3.05) is 5.32 Å². The first-order valence-corrected chi connectivity index (χ1v) is 9.82. The van der Waals surface area contributed by atoms with Gasteiger partial charge in [-0.2, -0.15) is 5.10 Å². The number of aromatic nitrogens is 2. The molecule has 140 valence electrons. The molecule has 1 saturated carbocycles. The Morgan fingerprint density at radius 2 is 2.04 bits per heavy atom. The molecule has 0 radical (unpaired) electrons. The van der Waals surface area contributed by atoms with Crippen molar-refractivity contribution in [1.82, 2.24) is 9.78 Å². The molecule has 4 rings (SSSR count). The van der Waals surface area contributed by atoms with Gasteiger partial charge in [0.1, 0.15) is 4.70 Å². The zero-order chi connectivity index (χ0) is 19.2. The van der Waals surface area contributed by atoms with Crippen molar-refractivity contribution in [3.63, 3.8) is 0 Å². The van der Waals surface area contributed by atoms with Gasteiger partial charge in [-0.3, -0.25) is 4.79 Å².